The maximum atomic E-state index is 8.96. The summed E-state index contributed by atoms with van der Waals surface area (Å²) in [7, 11) is 1.98. The molecule has 0 saturated carbocycles. The van der Waals surface area contributed by atoms with Crippen molar-refractivity contribution in [1.29, 1.82) is 5.26 Å². The Bertz CT molecular complexity index is 879. The zero-order valence-corrected chi connectivity index (χ0v) is 13.7. The Kier molecular flexibility index (Phi) is 4.69. The first-order valence-corrected chi connectivity index (χ1v) is 7.71. The van der Waals surface area contributed by atoms with Crippen molar-refractivity contribution in [2.45, 2.75) is 20.0 Å². The standard InChI is InChI=1S/C19H18N4O/c1-14-5-3-8-17(9-14)19-21-18(24-22-19)13-23(2)12-16-7-4-6-15(10-16)11-20/h3-10H,12-13H2,1-2H3. The SMILES string of the molecule is Cc1cccc(-c2noc(CN(C)Cc3cccc(C#N)c3)n2)c1. The molecule has 1 aromatic heterocycles. The van der Waals surface area contributed by atoms with Crippen LogP contribution in [0.3, 0.4) is 0 Å². The molecule has 0 aliphatic carbocycles. The van der Waals surface area contributed by atoms with E-state index in [-0.39, 0.29) is 0 Å². The number of nitrogens with zero attached hydrogens (tertiary/aromatic N) is 4. The van der Waals surface area contributed by atoms with Gasteiger partial charge in [0.2, 0.25) is 11.7 Å². The van der Waals surface area contributed by atoms with Crippen molar-refractivity contribution >= 4 is 0 Å². The molecule has 5 heteroatoms. The Morgan fingerprint density at radius 2 is 1.96 bits per heavy atom. The second-order valence-corrected chi connectivity index (χ2v) is 5.87. The quantitative estimate of drug-likeness (QED) is 0.720. The number of benzene rings is 2. The molecule has 1 heterocycles. The summed E-state index contributed by atoms with van der Waals surface area (Å²) in [5.41, 5.74) is 3.86. The lowest BCUT2D eigenvalue weighted by Gasteiger charge is -2.14. The summed E-state index contributed by atoms with van der Waals surface area (Å²) in [6, 6.07) is 17.8. The van der Waals surface area contributed by atoms with Crippen molar-refractivity contribution < 1.29 is 4.52 Å². The highest BCUT2D eigenvalue weighted by molar-refractivity contribution is 5.55. The molecule has 0 radical (unpaired) electrons. The molecule has 0 amide bonds. The van der Waals surface area contributed by atoms with E-state index in [2.05, 4.69) is 21.1 Å². The predicted molar refractivity (Wildman–Crippen MR) is 90.8 cm³/mol. The van der Waals surface area contributed by atoms with Crippen LogP contribution in [0.25, 0.3) is 11.4 Å². The Balaban J connectivity index is 1.67. The summed E-state index contributed by atoms with van der Waals surface area (Å²) < 4.78 is 5.36. The van der Waals surface area contributed by atoms with Crippen LogP contribution in [0.15, 0.2) is 53.1 Å². The smallest absolute Gasteiger partial charge is 0.241 e. The van der Waals surface area contributed by atoms with Crippen LogP contribution in [-0.2, 0) is 13.1 Å². The second kappa shape index (κ2) is 7.07. The lowest BCUT2D eigenvalue weighted by molar-refractivity contribution is 0.261. The molecule has 0 bridgehead atoms. The fourth-order valence-electron chi connectivity index (χ4n) is 2.56. The van der Waals surface area contributed by atoms with Gasteiger partial charge in [-0.2, -0.15) is 10.2 Å². The zero-order valence-electron chi connectivity index (χ0n) is 13.7. The Hall–Kier alpha value is -2.97. The van der Waals surface area contributed by atoms with E-state index in [4.69, 9.17) is 9.78 Å². The van der Waals surface area contributed by atoms with Crippen molar-refractivity contribution in [3.63, 3.8) is 0 Å². The van der Waals surface area contributed by atoms with Gasteiger partial charge in [-0.25, -0.2) is 0 Å². The fraction of sp³-hybridized carbons (Fsp3) is 0.211. The molecular formula is C19H18N4O. The van der Waals surface area contributed by atoms with E-state index >= 15 is 0 Å². The maximum absolute atomic E-state index is 8.96. The summed E-state index contributed by atoms with van der Waals surface area (Å²) in [5.74, 6) is 1.18. The minimum Gasteiger partial charge on any atom is -0.338 e. The van der Waals surface area contributed by atoms with E-state index in [1.807, 2.05) is 56.4 Å². The van der Waals surface area contributed by atoms with Gasteiger partial charge in [0.1, 0.15) is 0 Å². The van der Waals surface area contributed by atoms with Crippen LogP contribution in [0, 0.1) is 18.3 Å². The van der Waals surface area contributed by atoms with Gasteiger partial charge in [0, 0.05) is 12.1 Å². The molecular weight excluding hydrogens is 300 g/mol. The van der Waals surface area contributed by atoms with Crippen molar-refractivity contribution in [3.8, 4) is 17.5 Å². The number of aryl methyl sites for hydroxylation is 1. The van der Waals surface area contributed by atoms with Crippen LogP contribution in [-0.4, -0.2) is 22.1 Å². The van der Waals surface area contributed by atoms with Gasteiger partial charge in [-0.15, -0.1) is 0 Å². The number of aromatic nitrogens is 2. The molecule has 0 saturated heterocycles. The van der Waals surface area contributed by atoms with E-state index in [1.54, 1.807) is 6.07 Å². The van der Waals surface area contributed by atoms with Crippen LogP contribution in [0.4, 0.5) is 0 Å². The van der Waals surface area contributed by atoms with Crippen molar-refractivity contribution in [1.82, 2.24) is 15.0 Å². The first-order chi connectivity index (χ1) is 11.6. The minimum absolute atomic E-state index is 0.551. The average molecular weight is 318 g/mol. The van der Waals surface area contributed by atoms with Crippen LogP contribution in [0.1, 0.15) is 22.6 Å². The molecule has 0 atom stereocenters. The molecule has 0 aliphatic rings. The molecule has 0 fully saturated rings. The lowest BCUT2D eigenvalue weighted by Crippen LogP contribution is -2.17. The molecule has 0 unspecified atom stereocenters. The highest BCUT2D eigenvalue weighted by Gasteiger charge is 2.11. The molecule has 0 spiro atoms. The monoisotopic (exact) mass is 318 g/mol. The third-order valence-corrected chi connectivity index (χ3v) is 3.66. The van der Waals surface area contributed by atoms with E-state index in [9.17, 15) is 0 Å². The zero-order chi connectivity index (χ0) is 16.9. The lowest BCUT2D eigenvalue weighted by atomic mass is 10.1. The Labute approximate surface area is 141 Å². The van der Waals surface area contributed by atoms with Crippen molar-refractivity contribution in [2.24, 2.45) is 0 Å². The van der Waals surface area contributed by atoms with Gasteiger partial charge in [0.25, 0.3) is 0 Å². The molecule has 3 rings (SSSR count). The fourth-order valence-corrected chi connectivity index (χ4v) is 2.56. The van der Waals surface area contributed by atoms with Crippen LogP contribution in [0.5, 0.6) is 0 Å². The van der Waals surface area contributed by atoms with Gasteiger partial charge < -0.3 is 4.52 Å². The largest absolute Gasteiger partial charge is 0.338 e. The summed E-state index contributed by atoms with van der Waals surface area (Å²) in [6.45, 7) is 3.29. The molecule has 0 N–H and O–H groups in total. The van der Waals surface area contributed by atoms with Gasteiger partial charge in [-0.05, 0) is 37.7 Å². The van der Waals surface area contributed by atoms with Gasteiger partial charge in [-0.1, -0.05) is 41.1 Å². The molecule has 24 heavy (non-hydrogen) atoms. The average Bonchev–Trinajstić information content (AvgIpc) is 3.03. The van der Waals surface area contributed by atoms with Gasteiger partial charge in [0.15, 0.2) is 0 Å². The third kappa shape index (κ3) is 3.86. The molecule has 2 aromatic carbocycles. The van der Waals surface area contributed by atoms with Crippen molar-refractivity contribution in [2.75, 3.05) is 7.05 Å². The van der Waals surface area contributed by atoms with E-state index in [0.717, 1.165) is 16.7 Å². The van der Waals surface area contributed by atoms with Crippen LogP contribution >= 0.6 is 0 Å². The summed E-state index contributed by atoms with van der Waals surface area (Å²) in [4.78, 5) is 6.54. The highest BCUT2D eigenvalue weighted by Crippen LogP contribution is 2.17. The Morgan fingerprint density at radius 3 is 2.75 bits per heavy atom. The predicted octanol–water partition coefficient (Wildman–Crippen LogP) is 3.55. The summed E-state index contributed by atoms with van der Waals surface area (Å²) in [6.07, 6.45) is 0. The third-order valence-electron chi connectivity index (χ3n) is 3.66. The number of rotatable bonds is 5. The summed E-state index contributed by atoms with van der Waals surface area (Å²) >= 11 is 0. The molecule has 120 valence electrons. The first-order valence-electron chi connectivity index (χ1n) is 7.71. The second-order valence-electron chi connectivity index (χ2n) is 5.87. The van der Waals surface area contributed by atoms with E-state index in [1.165, 1.54) is 0 Å². The first kappa shape index (κ1) is 15.9. The minimum atomic E-state index is 0.551. The van der Waals surface area contributed by atoms with E-state index < -0.39 is 0 Å². The molecule has 3 aromatic rings. The highest BCUT2D eigenvalue weighted by atomic mass is 16.5. The normalized spacial score (nSPS) is 10.8. The van der Waals surface area contributed by atoms with Gasteiger partial charge >= 0.3 is 0 Å². The number of nitriles is 1. The van der Waals surface area contributed by atoms with Crippen LogP contribution < -0.4 is 0 Å². The maximum Gasteiger partial charge on any atom is 0.241 e. The number of hydrogen-bond acceptors (Lipinski definition) is 5. The topological polar surface area (TPSA) is 66.0 Å². The van der Waals surface area contributed by atoms with Gasteiger partial charge in [0.05, 0.1) is 18.2 Å². The summed E-state index contributed by atoms with van der Waals surface area (Å²) in [5, 5.41) is 13.0. The Morgan fingerprint density at radius 1 is 1.12 bits per heavy atom. The van der Waals surface area contributed by atoms with Crippen LogP contribution in [0.2, 0.25) is 0 Å². The van der Waals surface area contributed by atoms with Gasteiger partial charge in [-0.3, -0.25) is 4.90 Å². The molecule has 5 nitrogen and oxygen atoms in total. The molecule has 0 aliphatic heterocycles. The van der Waals surface area contributed by atoms with E-state index in [0.29, 0.717) is 30.4 Å². The number of hydrogen-bond donors (Lipinski definition) is 0. The van der Waals surface area contributed by atoms with Crippen molar-refractivity contribution in [3.05, 3.63) is 71.1 Å².